The molecule has 0 saturated carbocycles. The van der Waals surface area contributed by atoms with E-state index < -0.39 is 11.6 Å². The molecule has 1 N–H and O–H groups in total. The van der Waals surface area contributed by atoms with E-state index in [4.69, 9.17) is 0 Å². The predicted octanol–water partition coefficient (Wildman–Crippen LogP) is 4.41. The summed E-state index contributed by atoms with van der Waals surface area (Å²) in [5, 5.41) is 3.15. The molecule has 1 aliphatic heterocycles. The third kappa shape index (κ3) is 3.16. The highest BCUT2D eigenvalue weighted by molar-refractivity contribution is 5.63. The molecule has 4 heteroatoms. The van der Waals surface area contributed by atoms with E-state index in [1.165, 1.54) is 17.7 Å². The van der Waals surface area contributed by atoms with Gasteiger partial charge in [0.25, 0.3) is 0 Å². The zero-order chi connectivity index (χ0) is 17.3. The Hall–Kier alpha value is -1.94. The molecule has 0 radical (unpaired) electrons. The van der Waals surface area contributed by atoms with Crippen LogP contribution in [0, 0.1) is 11.6 Å². The van der Waals surface area contributed by atoms with E-state index in [1.807, 2.05) is 13.1 Å². The van der Waals surface area contributed by atoms with E-state index in [-0.39, 0.29) is 11.5 Å². The third-order valence-corrected chi connectivity index (χ3v) is 4.82. The number of fused-ring (bicyclic) bond motifs is 1. The summed E-state index contributed by atoms with van der Waals surface area (Å²) in [4.78, 5) is 2.29. The van der Waals surface area contributed by atoms with E-state index in [9.17, 15) is 8.78 Å². The lowest BCUT2D eigenvalue weighted by molar-refractivity contribution is 0.491. The van der Waals surface area contributed by atoms with Crippen molar-refractivity contribution in [2.45, 2.75) is 31.7 Å². The Bertz CT molecular complexity index is 707. The van der Waals surface area contributed by atoms with Gasteiger partial charge in [0.1, 0.15) is 11.6 Å². The minimum Gasteiger partial charge on any atom is -0.363 e. The largest absolute Gasteiger partial charge is 0.363 e. The van der Waals surface area contributed by atoms with Gasteiger partial charge in [-0.15, -0.1) is 0 Å². The molecule has 3 rings (SSSR count). The number of benzene rings is 2. The van der Waals surface area contributed by atoms with E-state index in [2.05, 4.69) is 42.3 Å². The van der Waals surface area contributed by atoms with Crippen molar-refractivity contribution in [2.24, 2.45) is 0 Å². The zero-order valence-electron chi connectivity index (χ0n) is 14.4. The van der Waals surface area contributed by atoms with Gasteiger partial charge >= 0.3 is 0 Å². The average molecular weight is 330 g/mol. The second kappa shape index (κ2) is 6.52. The van der Waals surface area contributed by atoms with Crippen LogP contribution in [0.25, 0.3) is 0 Å². The van der Waals surface area contributed by atoms with Crippen LogP contribution in [0.5, 0.6) is 0 Å². The lowest BCUT2D eigenvalue weighted by Crippen LogP contribution is -2.33. The Labute approximate surface area is 142 Å². The fraction of sp³-hybridized carbons (Fsp3) is 0.400. The monoisotopic (exact) mass is 330 g/mol. The van der Waals surface area contributed by atoms with Gasteiger partial charge in [0.15, 0.2) is 0 Å². The minimum atomic E-state index is -0.522. The Morgan fingerprint density at radius 2 is 1.79 bits per heavy atom. The van der Waals surface area contributed by atoms with Gasteiger partial charge in [-0.05, 0) is 49.3 Å². The first-order valence-corrected chi connectivity index (χ1v) is 8.39. The SMILES string of the molecule is CNCCC(c1cc(F)cc(F)c1)N1CC(C)(C)c2ccccc21. The molecule has 2 aromatic carbocycles. The number of rotatable bonds is 5. The average Bonchev–Trinajstić information content (AvgIpc) is 2.79. The summed E-state index contributed by atoms with van der Waals surface area (Å²) in [7, 11) is 1.89. The Morgan fingerprint density at radius 3 is 2.46 bits per heavy atom. The number of anilines is 1. The maximum Gasteiger partial charge on any atom is 0.126 e. The van der Waals surface area contributed by atoms with Crippen molar-refractivity contribution in [1.29, 1.82) is 0 Å². The van der Waals surface area contributed by atoms with Gasteiger partial charge in [0, 0.05) is 23.7 Å². The fourth-order valence-corrected chi connectivity index (χ4v) is 3.72. The van der Waals surface area contributed by atoms with Gasteiger partial charge in [-0.1, -0.05) is 32.0 Å². The van der Waals surface area contributed by atoms with Gasteiger partial charge in [0.05, 0.1) is 6.04 Å². The first kappa shape index (κ1) is 16.9. The highest BCUT2D eigenvalue weighted by atomic mass is 19.1. The van der Waals surface area contributed by atoms with Crippen LogP contribution in [-0.4, -0.2) is 20.1 Å². The maximum absolute atomic E-state index is 13.8. The van der Waals surface area contributed by atoms with Crippen molar-refractivity contribution in [3.63, 3.8) is 0 Å². The number of halogens is 2. The molecule has 0 aliphatic carbocycles. The van der Waals surface area contributed by atoms with E-state index >= 15 is 0 Å². The van der Waals surface area contributed by atoms with Crippen LogP contribution in [-0.2, 0) is 5.41 Å². The second-order valence-corrected chi connectivity index (χ2v) is 7.14. The summed E-state index contributed by atoms with van der Waals surface area (Å²) in [5.74, 6) is -1.04. The third-order valence-electron chi connectivity index (χ3n) is 4.82. The Morgan fingerprint density at radius 1 is 1.12 bits per heavy atom. The van der Waals surface area contributed by atoms with Crippen LogP contribution in [0.2, 0.25) is 0 Å². The minimum absolute atomic E-state index is 0.0142. The molecule has 24 heavy (non-hydrogen) atoms. The van der Waals surface area contributed by atoms with Crippen LogP contribution in [0.4, 0.5) is 14.5 Å². The van der Waals surface area contributed by atoms with E-state index in [0.717, 1.165) is 31.3 Å². The molecule has 2 aromatic rings. The van der Waals surface area contributed by atoms with Gasteiger partial charge in [-0.2, -0.15) is 0 Å². The molecule has 0 fully saturated rings. The summed E-state index contributed by atoms with van der Waals surface area (Å²) in [6.07, 6.45) is 0.782. The van der Waals surface area contributed by atoms with Crippen molar-refractivity contribution in [2.75, 3.05) is 25.0 Å². The van der Waals surface area contributed by atoms with Crippen LogP contribution in [0.3, 0.4) is 0 Å². The molecule has 1 unspecified atom stereocenters. The summed E-state index contributed by atoms with van der Waals surface area (Å²) in [6, 6.07) is 12.1. The smallest absolute Gasteiger partial charge is 0.126 e. The molecule has 0 aromatic heterocycles. The fourth-order valence-electron chi connectivity index (χ4n) is 3.72. The topological polar surface area (TPSA) is 15.3 Å². The van der Waals surface area contributed by atoms with Crippen molar-refractivity contribution in [3.8, 4) is 0 Å². The van der Waals surface area contributed by atoms with Gasteiger partial charge in [-0.25, -0.2) is 8.78 Å². The maximum atomic E-state index is 13.8. The quantitative estimate of drug-likeness (QED) is 0.873. The van der Waals surface area contributed by atoms with Gasteiger partial charge in [0.2, 0.25) is 0 Å². The standard InChI is InChI=1S/C20H24F2N2/c1-20(2)13-24(19-7-5-4-6-17(19)20)18(8-9-23-3)14-10-15(21)12-16(22)11-14/h4-7,10-12,18,23H,8-9,13H2,1-3H3. The van der Waals surface area contributed by atoms with Crippen molar-refractivity contribution < 1.29 is 8.78 Å². The molecule has 1 atom stereocenters. The normalized spacial score (nSPS) is 17.0. The molecule has 0 bridgehead atoms. The van der Waals surface area contributed by atoms with Crippen LogP contribution in [0.1, 0.15) is 37.4 Å². The van der Waals surface area contributed by atoms with E-state index in [0.29, 0.717) is 5.56 Å². The van der Waals surface area contributed by atoms with Crippen LogP contribution >= 0.6 is 0 Å². The summed E-state index contributed by atoms with van der Waals surface area (Å²) < 4.78 is 27.5. The first-order chi connectivity index (χ1) is 11.4. The summed E-state index contributed by atoms with van der Waals surface area (Å²) >= 11 is 0. The predicted molar refractivity (Wildman–Crippen MR) is 94.5 cm³/mol. The van der Waals surface area contributed by atoms with E-state index in [1.54, 1.807) is 0 Å². The van der Waals surface area contributed by atoms with Gasteiger partial charge in [-0.3, -0.25) is 0 Å². The lowest BCUT2D eigenvalue weighted by atomic mass is 9.87. The molecule has 2 nitrogen and oxygen atoms in total. The zero-order valence-corrected chi connectivity index (χ0v) is 14.4. The Kier molecular flexibility index (Phi) is 4.59. The van der Waals surface area contributed by atoms with Crippen LogP contribution in [0.15, 0.2) is 42.5 Å². The molecular weight excluding hydrogens is 306 g/mol. The van der Waals surface area contributed by atoms with Gasteiger partial charge < -0.3 is 10.2 Å². The molecular formula is C20H24F2N2. The number of hydrogen-bond donors (Lipinski definition) is 1. The molecule has 1 heterocycles. The number of nitrogens with zero attached hydrogens (tertiary/aromatic N) is 1. The molecule has 1 aliphatic rings. The molecule has 0 spiro atoms. The molecule has 128 valence electrons. The Balaban J connectivity index is 2.04. The molecule has 0 amide bonds. The highest BCUT2D eigenvalue weighted by Crippen LogP contribution is 2.45. The second-order valence-electron chi connectivity index (χ2n) is 7.14. The number of nitrogens with one attached hydrogen (secondary N) is 1. The summed E-state index contributed by atoms with van der Waals surface area (Å²) in [6.45, 7) is 6.04. The first-order valence-electron chi connectivity index (χ1n) is 8.39. The molecule has 0 saturated heterocycles. The summed E-state index contributed by atoms with van der Waals surface area (Å²) in [5.41, 5.74) is 3.15. The number of para-hydroxylation sites is 1. The van der Waals surface area contributed by atoms with Crippen molar-refractivity contribution in [1.82, 2.24) is 5.32 Å². The van der Waals surface area contributed by atoms with Crippen molar-refractivity contribution >= 4 is 5.69 Å². The highest BCUT2D eigenvalue weighted by Gasteiger charge is 2.38. The van der Waals surface area contributed by atoms with Crippen molar-refractivity contribution in [3.05, 3.63) is 65.2 Å². The lowest BCUT2D eigenvalue weighted by Gasteiger charge is -2.32. The van der Waals surface area contributed by atoms with Crippen LogP contribution < -0.4 is 10.2 Å². The number of hydrogen-bond acceptors (Lipinski definition) is 2.